The summed E-state index contributed by atoms with van der Waals surface area (Å²) in [6.45, 7) is 4.55. The first-order chi connectivity index (χ1) is 6.53. The Morgan fingerprint density at radius 2 is 2.00 bits per heavy atom. The first-order valence-electron chi connectivity index (χ1n) is 5.03. The van der Waals surface area contributed by atoms with Crippen LogP contribution < -0.4 is 5.73 Å². The van der Waals surface area contributed by atoms with Gasteiger partial charge in [0.15, 0.2) is 0 Å². The molecule has 0 bridgehead atoms. The summed E-state index contributed by atoms with van der Waals surface area (Å²) in [5.41, 5.74) is 7.77. The van der Waals surface area contributed by atoms with Gasteiger partial charge in [0.1, 0.15) is 0 Å². The summed E-state index contributed by atoms with van der Waals surface area (Å²) in [7, 11) is 0. The average Bonchev–Trinajstić information content (AvgIpc) is 2.16. The van der Waals surface area contributed by atoms with Crippen LogP contribution in [0, 0.1) is 8.99 Å². The Hall–Kier alpha value is -0.0900. The van der Waals surface area contributed by atoms with E-state index in [0.29, 0.717) is 12.0 Å². The Morgan fingerprint density at radius 1 is 1.36 bits per heavy atom. The number of hydrogen-bond donors (Lipinski definition) is 1. The number of nitrogens with two attached hydrogens (primary N) is 1. The van der Waals surface area contributed by atoms with Crippen LogP contribution in [0.2, 0.25) is 0 Å². The maximum Gasteiger partial charge on any atom is 0.0165 e. The highest BCUT2D eigenvalue weighted by Gasteiger charge is 2.46. The van der Waals surface area contributed by atoms with Gasteiger partial charge in [0, 0.05) is 9.61 Å². The molecule has 0 aromatic heterocycles. The molecule has 0 heterocycles. The molecule has 0 aliphatic heterocycles. The zero-order chi connectivity index (χ0) is 10.3. The largest absolute Gasteiger partial charge is 0.327 e. The van der Waals surface area contributed by atoms with Gasteiger partial charge in [-0.05, 0) is 52.0 Å². The predicted molar refractivity (Wildman–Crippen MR) is 68.3 cm³/mol. The molecule has 2 atom stereocenters. The van der Waals surface area contributed by atoms with E-state index in [4.69, 9.17) is 5.73 Å². The third-order valence-electron chi connectivity index (χ3n) is 3.62. The summed E-state index contributed by atoms with van der Waals surface area (Å²) in [5, 5.41) is 0. The molecule has 2 rings (SSSR count). The lowest BCUT2D eigenvalue weighted by Gasteiger charge is -2.51. The van der Waals surface area contributed by atoms with Crippen molar-refractivity contribution in [1.29, 1.82) is 0 Å². The van der Waals surface area contributed by atoms with E-state index in [1.807, 2.05) is 0 Å². The number of hydrogen-bond acceptors (Lipinski definition) is 1. The smallest absolute Gasteiger partial charge is 0.0165 e. The predicted octanol–water partition coefficient (Wildman–Crippen LogP) is 3.13. The van der Waals surface area contributed by atoms with Crippen LogP contribution in [-0.4, -0.2) is 6.04 Å². The highest BCUT2D eigenvalue weighted by Crippen LogP contribution is 2.52. The highest BCUT2D eigenvalue weighted by atomic mass is 127. The van der Waals surface area contributed by atoms with E-state index < -0.39 is 0 Å². The molecule has 0 amide bonds. The number of benzene rings is 1. The molecule has 2 heteroatoms. The van der Waals surface area contributed by atoms with Crippen molar-refractivity contribution in [3.8, 4) is 0 Å². The van der Waals surface area contributed by atoms with E-state index in [-0.39, 0.29) is 5.41 Å². The zero-order valence-electron chi connectivity index (χ0n) is 8.63. The van der Waals surface area contributed by atoms with E-state index in [1.165, 1.54) is 9.13 Å². The van der Waals surface area contributed by atoms with Crippen molar-refractivity contribution in [3.05, 3.63) is 33.4 Å². The molecule has 1 nitrogen and oxygen atoms in total. The molecule has 1 aromatic rings. The first-order valence-corrected chi connectivity index (χ1v) is 6.11. The van der Waals surface area contributed by atoms with Gasteiger partial charge < -0.3 is 5.73 Å². The molecule has 14 heavy (non-hydrogen) atoms. The van der Waals surface area contributed by atoms with Crippen LogP contribution in [0.4, 0.5) is 0 Å². The van der Waals surface area contributed by atoms with Gasteiger partial charge in [-0.15, -0.1) is 0 Å². The lowest BCUT2D eigenvalue weighted by molar-refractivity contribution is 0.0978. The summed E-state index contributed by atoms with van der Waals surface area (Å²) in [6, 6.07) is 8.99. The van der Waals surface area contributed by atoms with Gasteiger partial charge in [-0.3, -0.25) is 0 Å². The van der Waals surface area contributed by atoms with E-state index in [2.05, 4.69) is 60.7 Å². The van der Waals surface area contributed by atoms with Crippen molar-refractivity contribution in [2.75, 3.05) is 0 Å². The number of halogens is 1. The molecule has 2 unspecified atom stereocenters. The van der Waals surface area contributed by atoms with Crippen LogP contribution in [0.3, 0.4) is 0 Å². The standard InChI is InChI=1S/C12H16IN/c1-12(2)9(7-11(12)14)8-5-3-4-6-10(8)13/h3-6,9,11H,7,14H2,1-2H3. The van der Waals surface area contributed by atoms with Crippen molar-refractivity contribution in [2.24, 2.45) is 11.1 Å². The summed E-state index contributed by atoms with van der Waals surface area (Å²) in [4.78, 5) is 0. The van der Waals surface area contributed by atoms with Crippen LogP contribution >= 0.6 is 22.6 Å². The molecule has 2 N–H and O–H groups in total. The SMILES string of the molecule is CC1(C)C(N)CC1c1ccccc1I. The molecule has 0 radical (unpaired) electrons. The second-order valence-electron chi connectivity index (χ2n) is 4.74. The second-order valence-corrected chi connectivity index (χ2v) is 5.90. The molecule has 1 saturated carbocycles. The Balaban J connectivity index is 2.30. The molecule has 0 spiro atoms. The molecule has 1 fully saturated rings. The fourth-order valence-corrected chi connectivity index (χ4v) is 3.01. The third kappa shape index (κ3) is 1.48. The normalized spacial score (nSPS) is 29.7. The molecule has 1 aliphatic carbocycles. The van der Waals surface area contributed by atoms with Gasteiger partial charge in [-0.1, -0.05) is 32.0 Å². The second kappa shape index (κ2) is 3.49. The van der Waals surface area contributed by atoms with Gasteiger partial charge in [-0.2, -0.15) is 0 Å². The molecule has 0 saturated heterocycles. The Labute approximate surface area is 99.2 Å². The van der Waals surface area contributed by atoms with E-state index in [0.717, 1.165) is 6.42 Å². The topological polar surface area (TPSA) is 26.0 Å². The summed E-state index contributed by atoms with van der Waals surface area (Å²) >= 11 is 2.42. The summed E-state index contributed by atoms with van der Waals surface area (Å²) < 4.78 is 1.37. The van der Waals surface area contributed by atoms with E-state index in [9.17, 15) is 0 Å². The van der Waals surface area contributed by atoms with E-state index >= 15 is 0 Å². The fraction of sp³-hybridized carbons (Fsp3) is 0.500. The summed E-state index contributed by atoms with van der Waals surface area (Å²) in [6.07, 6.45) is 1.13. The Bertz CT molecular complexity index is 346. The van der Waals surface area contributed by atoms with Crippen LogP contribution in [0.1, 0.15) is 31.7 Å². The van der Waals surface area contributed by atoms with Gasteiger partial charge in [0.25, 0.3) is 0 Å². The van der Waals surface area contributed by atoms with Gasteiger partial charge >= 0.3 is 0 Å². The average molecular weight is 301 g/mol. The minimum Gasteiger partial charge on any atom is -0.327 e. The van der Waals surface area contributed by atoms with Crippen LogP contribution in [0.5, 0.6) is 0 Å². The Kier molecular flexibility index (Phi) is 2.60. The monoisotopic (exact) mass is 301 g/mol. The van der Waals surface area contributed by atoms with Gasteiger partial charge in [0.05, 0.1) is 0 Å². The van der Waals surface area contributed by atoms with E-state index in [1.54, 1.807) is 0 Å². The van der Waals surface area contributed by atoms with Crippen molar-refractivity contribution in [3.63, 3.8) is 0 Å². The minimum absolute atomic E-state index is 0.265. The molecular formula is C12H16IN. The van der Waals surface area contributed by atoms with Crippen LogP contribution in [0.25, 0.3) is 0 Å². The molecule has 76 valence electrons. The maximum atomic E-state index is 6.03. The fourth-order valence-electron chi connectivity index (χ4n) is 2.24. The summed E-state index contributed by atoms with van der Waals surface area (Å²) in [5.74, 6) is 0.644. The lowest BCUT2D eigenvalue weighted by Crippen LogP contribution is -2.53. The zero-order valence-corrected chi connectivity index (χ0v) is 10.8. The van der Waals surface area contributed by atoms with Crippen molar-refractivity contribution >= 4 is 22.6 Å². The number of rotatable bonds is 1. The first kappa shape index (κ1) is 10.4. The maximum absolute atomic E-state index is 6.03. The van der Waals surface area contributed by atoms with Crippen molar-refractivity contribution in [2.45, 2.75) is 32.2 Å². The molecular weight excluding hydrogens is 285 g/mol. The highest BCUT2D eigenvalue weighted by molar-refractivity contribution is 14.1. The van der Waals surface area contributed by atoms with Crippen LogP contribution in [0.15, 0.2) is 24.3 Å². The van der Waals surface area contributed by atoms with Gasteiger partial charge in [0.2, 0.25) is 0 Å². The van der Waals surface area contributed by atoms with Crippen LogP contribution in [-0.2, 0) is 0 Å². The molecule has 1 aliphatic rings. The molecule has 1 aromatic carbocycles. The third-order valence-corrected chi connectivity index (χ3v) is 4.61. The minimum atomic E-state index is 0.265. The Morgan fingerprint density at radius 3 is 2.50 bits per heavy atom. The van der Waals surface area contributed by atoms with Crippen molar-refractivity contribution < 1.29 is 0 Å². The lowest BCUT2D eigenvalue weighted by atomic mass is 9.57. The van der Waals surface area contributed by atoms with Crippen molar-refractivity contribution in [1.82, 2.24) is 0 Å². The van der Waals surface area contributed by atoms with Gasteiger partial charge in [-0.25, -0.2) is 0 Å². The quantitative estimate of drug-likeness (QED) is 0.792.